The number of carbonyl (C=O) groups excluding carboxylic acids is 3. The van der Waals surface area contributed by atoms with Gasteiger partial charge in [-0.15, -0.1) is 0 Å². The van der Waals surface area contributed by atoms with E-state index >= 15 is 0 Å². The Morgan fingerprint density at radius 3 is 1.14 bits per heavy atom. The molecule has 454 valence electrons. The maximum atomic E-state index is 13.1. The highest BCUT2D eigenvalue weighted by atomic mass is 16.7. The molecule has 1 fully saturated rings. The van der Waals surface area contributed by atoms with Crippen LogP contribution in [0.5, 0.6) is 0 Å². The summed E-state index contributed by atoms with van der Waals surface area (Å²) < 4.78 is 28.4. The first-order valence-electron chi connectivity index (χ1n) is 30.8. The summed E-state index contributed by atoms with van der Waals surface area (Å²) in [6.07, 6.45) is 66.7. The molecule has 0 spiro atoms. The molecule has 0 aliphatic carbocycles. The number of allylic oxidation sites excluding steroid dienone is 24. The van der Waals surface area contributed by atoms with E-state index in [4.69, 9.17) is 23.7 Å². The summed E-state index contributed by atoms with van der Waals surface area (Å²) in [6.45, 7) is 5.59. The maximum Gasteiger partial charge on any atom is 0.335 e. The first-order chi connectivity index (χ1) is 39.6. The number of hydrogen-bond donors (Lipinski definition) is 3. The van der Waals surface area contributed by atoms with Crippen molar-refractivity contribution < 1.29 is 58.2 Å². The molecule has 1 rings (SSSR count). The lowest BCUT2D eigenvalue weighted by Gasteiger charge is -2.40. The number of aliphatic hydroxyl groups is 2. The van der Waals surface area contributed by atoms with Gasteiger partial charge >= 0.3 is 23.9 Å². The molecule has 0 saturated carbocycles. The van der Waals surface area contributed by atoms with Gasteiger partial charge in [-0.1, -0.05) is 205 Å². The number of carboxylic acids is 1. The van der Waals surface area contributed by atoms with E-state index in [9.17, 15) is 34.5 Å². The minimum absolute atomic E-state index is 0.00770. The zero-order valence-electron chi connectivity index (χ0n) is 50.0. The molecule has 12 nitrogen and oxygen atoms in total. The summed E-state index contributed by atoms with van der Waals surface area (Å²) in [5.41, 5.74) is 0. The van der Waals surface area contributed by atoms with Crippen molar-refractivity contribution in [1.29, 1.82) is 0 Å². The van der Waals surface area contributed by atoms with Gasteiger partial charge in [-0.3, -0.25) is 14.4 Å². The second kappa shape index (κ2) is 55.2. The van der Waals surface area contributed by atoms with Crippen LogP contribution in [0, 0.1) is 0 Å². The standard InChI is InChI=1S/C69H106O12/c1-4-7-10-13-16-19-22-25-27-29-31-33-35-38-40-43-46-49-52-55-61(70)77-58-60(79-62(71)56-53-50-47-44-41-37-24-21-18-15-12-9-6-3)59-78-69-67(65(74)64(73)66(81-69)68(75)76)80-63(72)57-54-51-48-45-42-39-36-34-32-30-28-26-23-20-17-14-11-8-5-2/h7-12,16-21,25-28,31-34,37,39,41-42,60,64-67,69,73-74H,4-6,13-15,22-24,29-30,35-36,38,40,43-59H2,1-3H3,(H,75,76)/b10-7-,11-8-,12-9-,19-16-,20-17-,21-18-,27-25-,28-26-,33-31-,34-32-,41-37-,42-39-. The van der Waals surface area contributed by atoms with E-state index in [-0.39, 0.29) is 25.9 Å². The van der Waals surface area contributed by atoms with Gasteiger partial charge in [-0.05, 0) is 135 Å². The minimum Gasteiger partial charge on any atom is -0.479 e. The summed E-state index contributed by atoms with van der Waals surface area (Å²) >= 11 is 0. The van der Waals surface area contributed by atoms with Crippen LogP contribution in [-0.2, 0) is 42.9 Å². The van der Waals surface area contributed by atoms with Crippen LogP contribution < -0.4 is 0 Å². The van der Waals surface area contributed by atoms with Crippen LogP contribution in [0.1, 0.15) is 213 Å². The summed E-state index contributed by atoms with van der Waals surface area (Å²) in [5, 5.41) is 31.5. The van der Waals surface area contributed by atoms with Crippen molar-refractivity contribution in [3.05, 3.63) is 146 Å². The van der Waals surface area contributed by atoms with Crippen LogP contribution in [0.3, 0.4) is 0 Å². The lowest BCUT2D eigenvalue weighted by molar-refractivity contribution is -0.301. The number of unbranched alkanes of at least 4 members (excludes halogenated alkanes) is 12. The van der Waals surface area contributed by atoms with Gasteiger partial charge < -0.3 is 39.0 Å². The van der Waals surface area contributed by atoms with Gasteiger partial charge in [0.25, 0.3) is 0 Å². The highest BCUT2D eigenvalue weighted by Gasteiger charge is 2.50. The van der Waals surface area contributed by atoms with E-state index in [0.717, 1.165) is 154 Å². The van der Waals surface area contributed by atoms with Crippen molar-refractivity contribution in [3.8, 4) is 0 Å². The quantitative estimate of drug-likeness (QED) is 0.0228. The highest BCUT2D eigenvalue weighted by Crippen LogP contribution is 2.26. The molecular weight excluding hydrogens is 1020 g/mol. The lowest BCUT2D eigenvalue weighted by Crippen LogP contribution is -2.61. The molecule has 1 aliphatic heterocycles. The van der Waals surface area contributed by atoms with E-state index in [1.54, 1.807) is 0 Å². The van der Waals surface area contributed by atoms with Crippen molar-refractivity contribution >= 4 is 23.9 Å². The van der Waals surface area contributed by atoms with Crippen LogP contribution in [0.25, 0.3) is 0 Å². The lowest BCUT2D eigenvalue weighted by atomic mass is 9.98. The SMILES string of the molecule is CC/C=C\C/C=C\C/C=C\C/C=C\C/C=C\CCCCCC(=O)OC1C(OCC(COC(=O)CCCCCCCC/C=C\C/C=C\C/C=C\C/C=C\CC)OC(=O)CCCCC/C=C\C/C=C\C/C=C\CC)OC(C(=O)O)C(O)C1O. The molecule has 0 aromatic rings. The molecule has 0 radical (unpaired) electrons. The van der Waals surface area contributed by atoms with Crippen molar-refractivity contribution in [2.75, 3.05) is 13.2 Å². The van der Waals surface area contributed by atoms with Gasteiger partial charge in [-0.2, -0.15) is 0 Å². The van der Waals surface area contributed by atoms with Crippen molar-refractivity contribution in [3.63, 3.8) is 0 Å². The monoisotopic (exact) mass is 1130 g/mol. The van der Waals surface area contributed by atoms with Crippen molar-refractivity contribution in [2.45, 2.75) is 250 Å². The minimum atomic E-state index is -1.93. The summed E-state index contributed by atoms with van der Waals surface area (Å²) in [7, 11) is 0. The number of aliphatic carboxylic acids is 1. The van der Waals surface area contributed by atoms with Crippen LogP contribution in [0.15, 0.2) is 146 Å². The van der Waals surface area contributed by atoms with Crippen molar-refractivity contribution in [1.82, 2.24) is 0 Å². The topological polar surface area (TPSA) is 175 Å². The van der Waals surface area contributed by atoms with Gasteiger partial charge in [0, 0.05) is 19.3 Å². The van der Waals surface area contributed by atoms with Gasteiger partial charge in [-0.25, -0.2) is 4.79 Å². The smallest absolute Gasteiger partial charge is 0.335 e. The molecule has 81 heavy (non-hydrogen) atoms. The van der Waals surface area contributed by atoms with Crippen LogP contribution in [0.2, 0.25) is 0 Å². The van der Waals surface area contributed by atoms with Gasteiger partial charge in [0.2, 0.25) is 0 Å². The first-order valence-corrected chi connectivity index (χ1v) is 30.8. The average Bonchev–Trinajstić information content (AvgIpc) is 3.54. The number of ether oxygens (including phenoxy) is 5. The first kappa shape index (κ1) is 73.6. The Morgan fingerprint density at radius 2 is 0.741 bits per heavy atom. The van der Waals surface area contributed by atoms with E-state index in [0.29, 0.717) is 19.3 Å². The zero-order chi connectivity index (χ0) is 58.9. The zero-order valence-corrected chi connectivity index (χ0v) is 50.0. The number of aliphatic hydroxyl groups excluding tert-OH is 2. The number of carboxylic acid groups (broad SMARTS) is 1. The Hall–Kier alpha value is -5.40. The summed E-state index contributed by atoms with van der Waals surface area (Å²) in [6, 6.07) is 0. The van der Waals surface area contributed by atoms with Crippen LogP contribution in [0.4, 0.5) is 0 Å². The predicted octanol–water partition coefficient (Wildman–Crippen LogP) is 16.3. The molecule has 6 unspecified atom stereocenters. The number of rotatable bonds is 50. The maximum absolute atomic E-state index is 13.1. The van der Waals surface area contributed by atoms with Gasteiger partial charge in [0.1, 0.15) is 18.8 Å². The van der Waals surface area contributed by atoms with E-state index in [1.165, 1.54) is 0 Å². The second-order valence-corrected chi connectivity index (χ2v) is 20.2. The molecule has 3 N–H and O–H groups in total. The largest absolute Gasteiger partial charge is 0.479 e. The van der Waals surface area contributed by atoms with Crippen molar-refractivity contribution in [2.24, 2.45) is 0 Å². The molecule has 0 bridgehead atoms. The van der Waals surface area contributed by atoms with E-state index < -0.39 is 67.3 Å². The average molecular weight is 1130 g/mol. The Bertz CT molecular complexity index is 1960. The van der Waals surface area contributed by atoms with Crippen LogP contribution >= 0.6 is 0 Å². The molecule has 0 aromatic heterocycles. The Kier molecular flexibility index (Phi) is 50.1. The fourth-order valence-electron chi connectivity index (χ4n) is 8.28. The third-order valence-corrected chi connectivity index (χ3v) is 12.9. The predicted molar refractivity (Wildman–Crippen MR) is 330 cm³/mol. The van der Waals surface area contributed by atoms with E-state index in [1.807, 2.05) is 0 Å². The molecule has 12 heteroatoms. The van der Waals surface area contributed by atoms with Gasteiger partial charge in [0.15, 0.2) is 24.6 Å². The van der Waals surface area contributed by atoms with E-state index in [2.05, 4.69) is 167 Å². The number of hydrogen-bond acceptors (Lipinski definition) is 11. The second-order valence-electron chi connectivity index (χ2n) is 20.2. The fraction of sp³-hybridized carbons (Fsp3) is 0.594. The number of carbonyl (C=O) groups is 4. The molecule has 1 aliphatic rings. The summed E-state index contributed by atoms with van der Waals surface area (Å²) in [5.74, 6) is -3.25. The third kappa shape index (κ3) is 44.9. The molecular formula is C69H106O12. The Labute approximate surface area is 489 Å². The molecule has 1 saturated heterocycles. The number of esters is 3. The molecule has 0 aromatic carbocycles. The summed E-state index contributed by atoms with van der Waals surface area (Å²) in [4.78, 5) is 51.2. The molecule has 0 amide bonds. The van der Waals surface area contributed by atoms with Crippen LogP contribution in [-0.4, -0.2) is 89.2 Å². The highest BCUT2D eigenvalue weighted by molar-refractivity contribution is 5.74. The van der Waals surface area contributed by atoms with Gasteiger partial charge in [0.05, 0.1) is 6.61 Å². The normalized spacial score (nSPS) is 18.8. The molecule has 6 atom stereocenters. The molecule has 1 heterocycles. The Balaban J connectivity index is 2.71. The fourth-order valence-corrected chi connectivity index (χ4v) is 8.28. The third-order valence-electron chi connectivity index (χ3n) is 12.9. The Morgan fingerprint density at radius 1 is 0.407 bits per heavy atom.